The normalized spacial score (nSPS) is 16.1. The molecule has 1 aliphatic rings. The summed E-state index contributed by atoms with van der Waals surface area (Å²) >= 11 is 2.26. The van der Waals surface area contributed by atoms with Gasteiger partial charge in [0, 0.05) is 0 Å². The largest absolute Gasteiger partial charge is 1.00 e. The number of allylic oxidation sites excluding steroid dienone is 1. The van der Waals surface area contributed by atoms with Gasteiger partial charge in [-0.15, -0.1) is 0 Å². The first-order chi connectivity index (χ1) is 8.18. The molecule has 1 aliphatic carbocycles. The standard InChI is InChI=1S/C15H14P.2ClH.Ti/c1-10-9-11(2)16-15(10)14-8-7-12-5-3-4-6-13(12)14;;;/h3-8,14,16H,1-2H3;2*1H;/q;;;+2/p-2. The van der Waals surface area contributed by atoms with E-state index in [1.165, 1.54) is 20.6 Å². The second-order valence-electron chi connectivity index (χ2n) is 4.63. The Balaban J connectivity index is 0.000000902. The molecule has 19 heavy (non-hydrogen) atoms. The van der Waals surface area contributed by atoms with E-state index in [4.69, 9.17) is 0 Å². The number of aryl methyl sites for hydroxylation is 1. The van der Waals surface area contributed by atoms with Crippen LogP contribution >= 0.6 is 8.19 Å². The van der Waals surface area contributed by atoms with E-state index < -0.39 is 0 Å². The summed E-state index contributed by atoms with van der Waals surface area (Å²) in [6.07, 6.45) is 4.64. The maximum atomic E-state index is 2.36. The minimum Gasteiger partial charge on any atom is -1.00 e. The zero-order chi connectivity index (χ0) is 12.0. The average Bonchev–Trinajstić information content (AvgIpc) is 2.86. The van der Waals surface area contributed by atoms with Crippen LogP contribution in [-0.4, -0.2) is 0 Å². The Morgan fingerprint density at radius 1 is 1.11 bits per heavy atom. The van der Waals surface area contributed by atoms with Crippen LogP contribution in [0.2, 0.25) is 0 Å². The summed E-state index contributed by atoms with van der Waals surface area (Å²) in [4.78, 5) is 0. The minimum absolute atomic E-state index is 0. The Kier molecular flexibility index (Phi) is 5.99. The summed E-state index contributed by atoms with van der Waals surface area (Å²) in [6, 6.07) is 8.76. The molecule has 0 spiro atoms. The topological polar surface area (TPSA) is 0 Å². The predicted molar refractivity (Wildman–Crippen MR) is 72.4 cm³/mol. The van der Waals surface area contributed by atoms with Gasteiger partial charge in [0.15, 0.2) is 0 Å². The zero-order valence-electron chi connectivity index (χ0n) is 10.8. The van der Waals surface area contributed by atoms with E-state index in [2.05, 4.69) is 70.7 Å². The van der Waals surface area contributed by atoms with Crippen molar-refractivity contribution in [2.75, 3.05) is 0 Å². The first-order valence-corrected chi connectivity index (χ1v) is 7.64. The summed E-state index contributed by atoms with van der Waals surface area (Å²) in [6.45, 7) is 4.55. The molecule has 0 fully saturated rings. The molecule has 0 amide bonds. The number of benzene rings is 1. The van der Waals surface area contributed by atoms with Crippen LogP contribution < -0.4 is 28.7 Å². The van der Waals surface area contributed by atoms with Crippen molar-refractivity contribution < 1.29 is 45.2 Å². The summed E-state index contributed by atoms with van der Waals surface area (Å²) < 4.78 is 1.51. The van der Waals surface area contributed by atoms with Crippen LogP contribution in [0.3, 0.4) is 0 Å². The Morgan fingerprint density at radius 2 is 1.79 bits per heavy atom. The predicted octanol–water partition coefficient (Wildman–Crippen LogP) is -2.33. The minimum atomic E-state index is 0. The van der Waals surface area contributed by atoms with Gasteiger partial charge < -0.3 is 24.8 Å². The van der Waals surface area contributed by atoms with Gasteiger partial charge in [0.25, 0.3) is 0 Å². The molecule has 2 unspecified atom stereocenters. The van der Waals surface area contributed by atoms with Crippen molar-refractivity contribution in [3.05, 3.63) is 57.6 Å². The van der Waals surface area contributed by atoms with Crippen molar-refractivity contribution in [3.63, 3.8) is 0 Å². The molecule has 0 aliphatic heterocycles. The van der Waals surface area contributed by atoms with E-state index in [0.717, 1.165) is 8.19 Å². The summed E-state index contributed by atoms with van der Waals surface area (Å²) in [5.74, 6) is 0.525. The van der Waals surface area contributed by atoms with Gasteiger partial charge in [0.05, 0.1) is 0 Å². The second-order valence-corrected chi connectivity index (χ2v) is 6.95. The maximum absolute atomic E-state index is 2.36. The molecule has 0 saturated heterocycles. The molecule has 0 saturated carbocycles. The van der Waals surface area contributed by atoms with E-state index in [9.17, 15) is 0 Å². The number of rotatable bonds is 1. The quantitative estimate of drug-likeness (QED) is 0.510. The summed E-state index contributed by atoms with van der Waals surface area (Å²) in [5.41, 5.74) is 4.40. The van der Waals surface area contributed by atoms with Crippen molar-refractivity contribution in [2.24, 2.45) is 0 Å². The van der Waals surface area contributed by atoms with E-state index in [1.54, 1.807) is 10.6 Å². The van der Waals surface area contributed by atoms with Crippen molar-refractivity contribution in [3.8, 4) is 0 Å². The second kappa shape index (κ2) is 6.66. The monoisotopic (exact) mass is 343 g/mol. The van der Waals surface area contributed by atoms with Gasteiger partial charge in [-0.3, -0.25) is 0 Å². The van der Waals surface area contributed by atoms with Crippen molar-refractivity contribution in [1.29, 1.82) is 0 Å². The molecule has 2 aromatic rings. The third-order valence-corrected chi connectivity index (χ3v) is 6.73. The van der Waals surface area contributed by atoms with Gasteiger partial charge in [0.1, 0.15) is 0 Å². The molecule has 97 valence electrons. The van der Waals surface area contributed by atoms with Gasteiger partial charge in [0.2, 0.25) is 0 Å². The fourth-order valence-electron chi connectivity index (χ4n) is 2.59. The number of fused-ring (bicyclic) bond motifs is 1. The van der Waals surface area contributed by atoms with E-state index in [-0.39, 0.29) is 24.8 Å². The van der Waals surface area contributed by atoms with Crippen LogP contribution in [0.1, 0.15) is 33.2 Å². The average molecular weight is 344 g/mol. The van der Waals surface area contributed by atoms with Crippen LogP contribution in [-0.2, 0) is 20.4 Å². The molecule has 0 bridgehead atoms. The fraction of sp³-hybridized carbons (Fsp3) is 0.200. The van der Waals surface area contributed by atoms with Crippen molar-refractivity contribution >= 4 is 18.1 Å². The molecule has 0 nitrogen and oxygen atoms in total. The van der Waals surface area contributed by atoms with Crippen LogP contribution in [0, 0.1) is 13.8 Å². The van der Waals surface area contributed by atoms with Gasteiger partial charge in [-0.2, -0.15) is 0 Å². The van der Waals surface area contributed by atoms with Crippen LogP contribution in [0.5, 0.6) is 0 Å². The third kappa shape index (κ3) is 2.89. The Labute approximate surface area is 140 Å². The van der Waals surface area contributed by atoms with Crippen LogP contribution in [0.15, 0.2) is 30.3 Å². The molecule has 3 rings (SSSR count). The smallest absolute Gasteiger partial charge is 1.00 e. The summed E-state index contributed by atoms with van der Waals surface area (Å²) in [7, 11) is 0.888. The first kappa shape index (κ1) is 17.1. The van der Waals surface area contributed by atoms with Crippen molar-refractivity contribution in [1.82, 2.24) is 0 Å². The van der Waals surface area contributed by atoms with Gasteiger partial charge in [-0.1, -0.05) is 0 Å². The molecular formula is C15H14Cl2PTi. The SMILES string of the molecule is Cc1[pH]c(C2C=Cc3ccccc32)c(C)[c]1[Ti+2].[Cl-].[Cl-]. The molecule has 0 N–H and O–H groups in total. The number of hydrogen-bond acceptors (Lipinski definition) is 0. The molecule has 4 heteroatoms. The van der Waals surface area contributed by atoms with Crippen LogP contribution in [0.25, 0.3) is 6.08 Å². The van der Waals surface area contributed by atoms with Crippen LogP contribution in [0.4, 0.5) is 0 Å². The van der Waals surface area contributed by atoms with E-state index in [0.29, 0.717) is 5.92 Å². The zero-order valence-corrected chi connectivity index (χ0v) is 14.9. The van der Waals surface area contributed by atoms with Gasteiger partial charge in [-0.05, 0) is 0 Å². The van der Waals surface area contributed by atoms with E-state index in [1.807, 2.05) is 0 Å². The number of halogens is 2. The van der Waals surface area contributed by atoms with Gasteiger partial charge in [-0.25, -0.2) is 0 Å². The third-order valence-electron chi connectivity index (χ3n) is 3.59. The molecule has 1 aromatic heterocycles. The fourth-order valence-corrected chi connectivity index (χ4v) is 4.72. The molecule has 2 atom stereocenters. The maximum Gasteiger partial charge on any atom is -1.00 e. The number of hydrogen-bond donors (Lipinski definition) is 0. The molecule has 1 heterocycles. The van der Waals surface area contributed by atoms with Gasteiger partial charge >= 0.3 is 116 Å². The molecule has 1 aromatic carbocycles. The van der Waals surface area contributed by atoms with Crippen molar-refractivity contribution in [2.45, 2.75) is 19.8 Å². The Hall–Kier alpha value is 0.0343. The molecule has 0 radical (unpaired) electrons. The Bertz CT molecular complexity index is 617. The first-order valence-electron chi connectivity index (χ1n) is 5.86. The summed E-state index contributed by atoms with van der Waals surface area (Å²) in [5, 5.41) is 3.19. The molecular weight excluding hydrogens is 330 g/mol. The Morgan fingerprint density at radius 3 is 2.42 bits per heavy atom. The van der Waals surface area contributed by atoms with E-state index >= 15 is 0 Å².